The van der Waals surface area contributed by atoms with Gasteiger partial charge in [-0.2, -0.15) is 0 Å². The van der Waals surface area contributed by atoms with Gasteiger partial charge in [-0.1, -0.05) is 152 Å². The summed E-state index contributed by atoms with van der Waals surface area (Å²) < 4.78 is 0. The molecular formula is C45H35N. The fraction of sp³-hybridized carbons (Fsp3) is 0.0222. The quantitative estimate of drug-likeness (QED) is 0.126. The summed E-state index contributed by atoms with van der Waals surface area (Å²) in [6.45, 7) is 6.24. The maximum atomic E-state index is 4.08. The summed E-state index contributed by atoms with van der Waals surface area (Å²) >= 11 is 0. The molecule has 7 rings (SSSR count). The Balaban J connectivity index is 1.27. The van der Waals surface area contributed by atoms with Crippen molar-refractivity contribution in [3.05, 3.63) is 200 Å². The van der Waals surface area contributed by atoms with E-state index in [4.69, 9.17) is 0 Å². The lowest BCUT2D eigenvalue weighted by Crippen LogP contribution is -2.14. The minimum absolute atomic E-state index is 1.08. The van der Waals surface area contributed by atoms with Crippen LogP contribution in [0.2, 0.25) is 0 Å². The van der Waals surface area contributed by atoms with E-state index in [1.54, 1.807) is 0 Å². The van der Waals surface area contributed by atoms with E-state index in [0.717, 1.165) is 28.2 Å². The molecule has 0 fully saturated rings. The molecule has 0 heterocycles. The molecule has 0 bridgehead atoms. The third-order valence-electron chi connectivity index (χ3n) is 8.62. The number of hydrogen-bond donors (Lipinski definition) is 0. The van der Waals surface area contributed by atoms with Crippen LogP contribution in [0.5, 0.6) is 0 Å². The van der Waals surface area contributed by atoms with E-state index < -0.39 is 0 Å². The lowest BCUT2D eigenvalue weighted by atomic mass is 9.97. The molecule has 0 amide bonds. The van der Waals surface area contributed by atoms with E-state index in [0.29, 0.717) is 0 Å². The van der Waals surface area contributed by atoms with Crippen molar-refractivity contribution < 1.29 is 0 Å². The Morgan fingerprint density at radius 1 is 0.478 bits per heavy atom. The largest absolute Gasteiger partial charge is 0.315 e. The van der Waals surface area contributed by atoms with Gasteiger partial charge >= 0.3 is 0 Å². The second-order valence-electron chi connectivity index (χ2n) is 11.5. The van der Waals surface area contributed by atoms with E-state index in [9.17, 15) is 0 Å². The molecule has 0 spiro atoms. The van der Waals surface area contributed by atoms with Gasteiger partial charge in [-0.05, 0) is 98.3 Å². The molecule has 0 aliphatic rings. The van der Waals surface area contributed by atoms with E-state index in [1.165, 1.54) is 43.8 Å². The zero-order chi connectivity index (χ0) is 31.3. The SMILES string of the molecule is C=C/C(=C\C=C(/C)N(c1ccc(-c2ccccc2)cc1)c1ccc(-c2ccc3ccc4ccccc4c3c2)cc1)c1ccccc1. The monoisotopic (exact) mass is 589 g/mol. The van der Waals surface area contributed by atoms with Crippen LogP contribution in [0.25, 0.3) is 49.4 Å². The van der Waals surface area contributed by atoms with Gasteiger partial charge in [0.25, 0.3) is 0 Å². The third-order valence-corrected chi connectivity index (χ3v) is 8.62. The van der Waals surface area contributed by atoms with E-state index in [2.05, 4.69) is 188 Å². The lowest BCUT2D eigenvalue weighted by Gasteiger charge is -2.26. The molecule has 1 nitrogen and oxygen atoms in total. The molecule has 0 unspecified atom stereocenters. The van der Waals surface area contributed by atoms with Crippen LogP contribution in [0.3, 0.4) is 0 Å². The smallest absolute Gasteiger partial charge is 0.0458 e. The summed E-state index contributed by atoms with van der Waals surface area (Å²) in [4.78, 5) is 2.31. The van der Waals surface area contributed by atoms with Gasteiger partial charge in [0, 0.05) is 17.1 Å². The van der Waals surface area contributed by atoms with Crippen molar-refractivity contribution in [3.8, 4) is 22.3 Å². The van der Waals surface area contributed by atoms with Gasteiger partial charge in [0.15, 0.2) is 0 Å². The second-order valence-corrected chi connectivity index (χ2v) is 11.5. The van der Waals surface area contributed by atoms with E-state index >= 15 is 0 Å². The van der Waals surface area contributed by atoms with Crippen molar-refractivity contribution in [1.29, 1.82) is 0 Å². The summed E-state index contributed by atoms with van der Waals surface area (Å²) in [7, 11) is 0. The number of anilines is 2. The Bertz CT molecular complexity index is 2190. The van der Waals surface area contributed by atoms with Crippen molar-refractivity contribution in [2.24, 2.45) is 0 Å². The molecule has 220 valence electrons. The summed E-state index contributed by atoms with van der Waals surface area (Å²) in [5, 5.41) is 5.08. The predicted molar refractivity (Wildman–Crippen MR) is 199 cm³/mol. The van der Waals surface area contributed by atoms with Crippen LogP contribution in [-0.2, 0) is 0 Å². The summed E-state index contributed by atoms with van der Waals surface area (Å²) in [5.41, 5.74) is 10.3. The molecule has 0 aromatic heterocycles. The predicted octanol–water partition coefficient (Wildman–Crippen LogP) is 12.6. The highest BCUT2D eigenvalue weighted by molar-refractivity contribution is 6.08. The standard InChI is InChI=1S/C45H35N/c1-3-34(35-12-6-4-7-13-35)19-18-33(2)46(42-28-24-37(25-29-42)36-14-8-5-9-15-36)43-30-26-38(27-31-43)41-23-22-40-21-20-39-16-10-11-17-44(39)45(40)32-41/h3-32H,1H2,2H3/b33-18+,34-19+. The average Bonchev–Trinajstić information content (AvgIpc) is 3.13. The molecule has 0 N–H and O–H groups in total. The van der Waals surface area contributed by atoms with Crippen molar-refractivity contribution in [2.45, 2.75) is 6.92 Å². The number of rotatable bonds is 8. The Labute approximate surface area is 271 Å². The Morgan fingerprint density at radius 2 is 0.978 bits per heavy atom. The lowest BCUT2D eigenvalue weighted by molar-refractivity contribution is 1.16. The first-order valence-electron chi connectivity index (χ1n) is 15.7. The van der Waals surface area contributed by atoms with Crippen LogP contribution in [-0.4, -0.2) is 0 Å². The van der Waals surface area contributed by atoms with Gasteiger partial charge in [0.1, 0.15) is 0 Å². The molecule has 0 saturated heterocycles. The Kier molecular flexibility index (Phi) is 8.13. The first kappa shape index (κ1) is 28.8. The van der Waals surface area contributed by atoms with Crippen molar-refractivity contribution in [3.63, 3.8) is 0 Å². The molecular weight excluding hydrogens is 555 g/mol. The molecule has 46 heavy (non-hydrogen) atoms. The summed E-state index contributed by atoms with van der Waals surface area (Å²) in [6.07, 6.45) is 6.24. The Hall–Kier alpha value is -5.92. The number of nitrogens with zero attached hydrogens (tertiary/aromatic N) is 1. The fourth-order valence-electron chi connectivity index (χ4n) is 6.17. The highest BCUT2D eigenvalue weighted by Gasteiger charge is 2.13. The first-order valence-corrected chi connectivity index (χ1v) is 15.7. The normalized spacial score (nSPS) is 11.9. The third kappa shape index (κ3) is 5.92. The van der Waals surface area contributed by atoms with Gasteiger partial charge < -0.3 is 4.90 Å². The average molecular weight is 590 g/mol. The van der Waals surface area contributed by atoms with E-state index in [-0.39, 0.29) is 0 Å². The topological polar surface area (TPSA) is 3.24 Å². The van der Waals surface area contributed by atoms with Crippen LogP contribution in [0.4, 0.5) is 11.4 Å². The number of fused-ring (bicyclic) bond motifs is 3. The van der Waals surface area contributed by atoms with E-state index in [1.807, 2.05) is 12.1 Å². The minimum atomic E-state index is 1.08. The van der Waals surface area contributed by atoms with Crippen LogP contribution in [0, 0.1) is 0 Å². The Morgan fingerprint density at radius 3 is 1.63 bits per heavy atom. The number of hydrogen-bond acceptors (Lipinski definition) is 1. The summed E-state index contributed by atoms with van der Waals surface area (Å²) in [5.74, 6) is 0. The van der Waals surface area contributed by atoms with Gasteiger partial charge in [0.05, 0.1) is 0 Å². The van der Waals surface area contributed by atoms with Crippen LogP contribution < -0.4 is 4.90 Å². The minimum Gasteiger partial charge on any atom is -0.315 e. The zero-order valence-corrected chi connectivity index (χ0v) is 26.0. The van der Waals surface area contributed by atoms with Gasteiger partial charge in [-0.3, -0.25) is 0 Å². The molecule has 0 aliphatic carbocycles. The van der Waals surface area contributed by atoms with Gasteiger partial charge in [0.2, 0.25) is 0 Å². The van der Waals surface area contributed by atoms with Crippen molar-refractivity contribution >= 4 is 38.5 Å². The van der Waals surface area contributed by atoms with Crippen LogP contribution in [0.15, 0.2) is 194 Å². The highest BCUT2D eigenvalue weighted by atomic mass is 15.1. The fourth-order valence-corrected chi connectivity index (χ4v) is 6.17. The maximum absolute atomic E-state index is 4.08. The van der Waals surface area contributed by atoms with Crippen LogP contribution >= 0.6 is 0 Å². The molecule has 1 heteroatoms. The van der Waals surface area contributed by atoms with Crippen molar-refractivity contribution in [2.75, 3.05) is 4.90 Å². The number of benzene rings is 7. The van der Waals surface area contributed by atoms with Gasteiger partial charge in [-0.25, -0.2) is 0 Å². The van der Waals surface area contributed by atoms with Gasteiger partial charge in [-0.15, -0.1) is 0 Å². The molecule has 7 aromatic rings. The number of allylic oxidation sites excluding steroid dienone is 5. The molecule has 0 saturated carbocycles. The maximum Gasteiger partial charge on any atom is 0.0458 e. The molecule has 0 radical (unpaired) electrons. The summed E-state index contributed by atoms with van der Waals surface area (Å²) in [6, 6.07) is 58.4. The van der Waals surface area contributed by atoms with Crippen molar-refractivity contribution in [1.82, 2.24) is 0 Å². The molecule has 7 aromatic carbocycles. The van der Waals surface area contributed by atoms with Crippen LogP contribution in [0.1, 0.15) is 12.5 Å². The molecule has 0 atom stereocenters. The molecule has 0 aliphatic heterocycles. The highest BCUT2D eigenvalue weighted by Crippen LogP contribution is 2.35. The first-order chi connectivity index (χ1) is 22.7. The second kappa shape index (κ2) is 13.0. The zero-order valence-electron chi connectivity index (χ0n) is 26.0.